The van der Waals surface area contributed by atoms with Gasteiger partial charge in [0.15, 0.2) is 10.9 Å². The topological polar surface area (TPSA) is 135 Å². The van der Waals surface area contributed by atoms with Gasteiger partial charge in [-0.3, -0.25) is 9.59 Å². The van der Waals surface area contributed by atoms with Crippen molar-refractivity contribution in [2.45, 2.75) is 26.9 Å². The molecule has 0 bridgehead atoms. The van der Waals surface area contributed by atoms with E-state index >= 15 is 0 Å². The summed E-state index contributed by atoms with van der Waals surface area (Å²) in [7, 11) is -0.446. The van der Waals surface area contributed by atoms with E-state index in [1.807, 2.05) is 0 Å². The van der Waals surface area contributed by atoms with Gasteiger partial charge in [0.05, 0.1) is 25.6 Å². The molecule has 9 heteroatoms. The Morgan fingerprint density at radius 1 is 0.707 bits per heavy atom. The zero-order valence-electron chi connectivity index (χ0n) is 22.9. The number of hydrogen-bond donors (Lipinski definition) is 1. The van der Waals surface area contributed by atoms with Crippen LogP contribution in [0.2, 0.25) is 0 Å². The second-order valence-electron chi connectivity index (χ2n) is 8.72. The largest absolute Gasteiger partial charge is 0.469 e. The standard InChI is InChI=1S/C18H15P.C7H7N3O2.C7H9NO2/c1-4-10-16(11-5-1)19(17-12-6-2-7-13-17)18-14-8-3-9-15-18;1-5-4-12-6(2-7(5)11)3-9-10-8;1-5-4-10-6(3-8)2-7(5)9/h1-15H;2,4H,3H2,1H3;2,4H,3,8H2,1H3. The zero-order chi connectivity index (χ0) is 29.5. The minimum atomic E-state index is -0.446. The van der Waals surface area contributed by atoms with Crippen LogP contribution in [0.25, 0.3) is 10.4 Å². The number of nitrogens with two attached hydrogens (primary N) is 1. The smallest absolute Gasteiger partial charge is 0.188 e. The van der Waals surface area contributed by atoms with Gasteiger partial charge in [0.2, 0.25) is 0 Å². The van der Waals surface area contributed by atoms with Gasteiger partial charge in [-0.15, -0.1) is 0 Å². The third-order valence-corrected chi connectivity index (χ3v) is 8.11. The van der Waals surface area contributed by atoms with Crippen LogP contribution in [0, 0.1) is 13.8 Å². The van der Waals surface area contributed by atoms with Gasteiger partial charge in [-0.1, -0.05) is 96.1 Å². The summed E-state index contributed by atoms with van der Waals surface area (Å²) in [5, 5.41) is 7.45. The molecule has 0 radical (unpaired) electrons. The Labute approximate surface area is 239 Å². The third-order valence-electron chi connectivity index (χ3n) is 5.67. The summed E-state index contributed by atoms with van der Waals surface area (Å²) in [6.07, 6.45) is 2.77. The Bertz CT molecular complexity index is 1570. The molecule has 8 nitrogen and oxygen atoms in total. The van der Waals surface area contributed by atoms with Gasteiger partial charge in [0, 0.05) is 28.2 Å². The van der Waals surface area contributed by atoms with Crippen molar-refractivity contribution in [2.24, 2.45) is 10.8 Å². The number of azide groups is 1. The molecule has 0 saturated carbocycles. The van der Waals surface area contributed by atoms with E-state index in [1.165, 1.54) is 40.6 Å². The molecule has 0 saturated heterocycles. The van der Waals surface area contributed by atoms with Gasteiger partial charge >= 0.3 is 0 Å². The number of nitrogens with zero attached hydrogens (tertiary/aromatic N) is 3. The summed E-state index contributed by atoms with van der Waals surface area (Å²) >= 11 is 0. The fraction of sp³-hybridized carbons (Fsp3) is 0.125. The normalized spacial score (nSPS) is 9.95. The first-order valence-corrected chi connectivity index (χ1v) is 14.1. The highest BCUT2D eigenvalue weighted by Crippen LogP contribution is 2.32. The van der Waals surface area contributed by atoms with Crippen LogP contribution in [0.1, 0.15) is 22.6 Å². The lowest BCUT2D eigenvalue weighted by Gasteiger charge is -2.18. The molecule has 2 N–H and O–H groups in total. The van der Waals surface area contributed by atoms with E-state index in [-0.39, 0.29) is 23.9 Å². The van der Waals surface area contributed by atoms with Crippen molar-refractivity contribution >= 4 is 23.8 Å². The Kier molecular flexibility index (Phi) is 12.3. The summed E-state index contributed by atoms with van der Waals surface area (Å²) in [5.41, 5.74) is 14.2. The quantitative estimate of drug-likeness (QED) is 0.123. The Morgan fingerprint density at radius 3 is 1.46 bits per heavy atom. The fourth-order valence-corrected chi connectivity index (χ4v) is 5.81. The van der Waals surface area contributed by atoms with Crippen molar-refractivity contribution in [2.75, 3.05) is 0 Å². The molecule has 5 rings (SSSR count). The molecule has 2 aromatic heterocycles. The van der Waals surface area contributed by atoms with Crippen LogP contribution < -0.4 is 32.5 Å². The van der Waals surface area contributed by atoms with Crippen LogP contribution in [0.5, 0.6) is 0 Å². The first kappa shape index (κ1) is 30.8. The van der Waals surface area contributed by atoms with Crippen LogP contribution in [0.15, 0.2) is 139 Å². The van der Waals surface area contributed by atoms with E-state index in [4.69, 9.17) is 20.1 Å². The number of hydrogen-bond acceptors (Lipinski definition) is 6. The highest BCUT2D eigenvalue weighted by atomic mass is 31.1. The highest BCUT2D eigenvalue weighted by Gasteiger charge is 2.15. The third kappa shape index (κ3) is 9.75. The summed E-state index contributed by atoms with van der Waals surface area (Å²) in [6, 6.07) is 35.1. The van der Waals surface area contributed by atoms with Gasteiger partial charge in [0.25, 0.3) is 0 Å². The number of rotatable bonds is 6. The fourth-order valence-electron chi connectivity index (χ4n) is 3.50. The second kappa shape index (κ2) is 16.4. The molecule has 0 fully saturated rings. The van der Waals surface area contributed by atoms with Crippen LogP contribution in [-0.4, -0.2) is 0 Å². The summed E-state index contributed by atoms with van der Waals surface area (Å²) in [4.78, 5) is 24.4. The highest BCUT2D eigenvalue weighted by molar-refractivity contribution is 7.79. The molecule has 41 heavy (non-hydrogen) atoms. The van der Waals surface area contributed by atoms with E-state index in [0.29, 0.717) is 22.6 Å². The van der Waals surface area contributed by atoms with Crippen LogP contribution in [0.4, 0.5) is 0 Å². The van der Waals surface area contributed by atoms with Crippen LogP contribution >= 0.6 is 7.92 Å². The molecule has 0 atom stereocenters. The van der Waals surface area contributed by atoms with Crippen molar-refractivity contribution < 1.29 is 8.83 Å². The van der Waals surface area contributed by atoms with Gasteiger partial charge in [-0.05, 0) is 43.2 Å². The minimum Gasteiger partial charge on any atom is -0.469 e. The van der Waals surface area contributed by atoms with Gasteiger partial charge in [0.1, 0.15) is 11.5 Å². The maximum absolute atomic E-state index is 11.0. The molecular weight excluding hydrogens is 535 g/mol. The lowest BCUT2D eigenvalue weighted by Crippen LogP contribution is -2.20. The molecule has 2 heterocycles. The monoisotopic (exact) mass is 566 g/mol. The molecule has 0 aliphatic heterocycles. The minimum absolute atomic E-state index is 0.0216. The van der Waals surface area contributed by atoms with E-state index in [2.05, 4.69) is 101 Å². The first-order chi connectivity index (χ1) is 19.9. The van der Waals surface area contributed by atoms with Gasteiger partial charge < -0.3 is 14.6 Å². The van der Waals surface area contributed by atoms with E-state index < -0.39 is 7.92 Å². The molecule has 0 spiro atoms. The zero-order valence-corrected chi connectivity index (χ0v) is 23.8. The average molecular weight is 567 g/mol. The van der Waals surface area contributed by atoms with E-state index in [1.54, 1.807) is 13.8 Å². The number of benzene rings is 3. The van der Waals surface area contributed by atoms with E-state index in [0.717, 1.165) is 0 Å². The molecule has 3 aromatic carbocycles. The van der Waals surface area contributed by atoms with Crippen molar-refractivity contribution in [3.63, 3.8) is 0 Å². The maximum Gasteiger partial charge on any atom is 0.188 e. The average Bonchev–Trinajstić information content (AvgIpc) is 3.01. The predicted molar refractivity (Wildman–Crippen MR) is 165 cm³/mol. The molecular formula is C32H31N4O4P. The Hall–Kier alpha value is -4.74. The second-order valence-corrected chi connectivity index (χ2v) is 10.9. The molecule has 5 aromatic rings. The molecule has 0 unspecified atom stereocenters. The molecule has 0 aliphatic carbocycles. The Balaban J connectivity index is 0.000000182. The lowest BCUT2D eigenvalue weighted by atomic mass is 10.3. The van der Waals surface area contributed by atoms with Gasteiger partial charge in [-0.2, -0.15) is 0 Å². The molecule has 0 amide bonds. The molecule has 208 valence electrons. The van der Waals surface area contributed by atoms with E-state index in [9.17, 15) is 9.59 Å². The van der Waals surface area contributed by atoms with Gasteiger partial charge in [-0.25, -0.2) is 0 Å². The summed E-state index contributed by atoms with van der Waals surface area (Å²) < 4.78 is 9.94. The maximum atomic E-state index is 11.0. The summed E-state index contributed by atoms with van der Waals surface area (Å²) in [6.45, 7) is 3.71. The number of aryl methyl sites for hydroxylation is 2. The molecule has 0 aliphatic rings. The van der Waals surface area contributed by atoms with Crippen molar-refractivity contribution in [3.05, 3.63) is 169 Å². The van der Waals surface area contributed by atoms with Crippen LogP contribution in [0.3, 0.4) is 0 Å². The first-order valence-electron chi connectivity index (χ1n) is 12.8. The van der Waals surface area contributed by atoms with Crippen molar-refractivity contribution in [1.82, 2.24) is 0 Å². The predicted octanol–water partition coefficient (Wildman–Crippen LogP) is 5.61. The summed E-state index contributed by atoms with van der Waals surface area (Å²) in [5.74, 6) is 0.902. The van der Waals surface area contributed by atoms with Crippen molar-refractivity contribution in [1.29, 1.82) is 0 Å². The SMILES string of the molecule is Cc1coc(CN)cc1=O.Cc1coc(CN=[N+]=[N-])cc1=O.c1ccc(P(c2ccccc2)c2ccccc2)cc1. The Morgan fingerprint density at radius 2 is 1.10 bits per heavy atom. The van der Waals surface area contributed by atoms with Crippen molar-refractivity contribution in [3.8, 4) is 0 Å². The van der Waals surface area contributed by atoms with Crippen LogP contribution in [-0.2, 0) is 13.1 Å². The lowest BCUT2D eigenvalue weighted by molar-refractivity contribution is 0.489.